The molecule has 4 heteroatoms. The van der Waals surface area contributed by atoms with Gasteiger partial charge in [0.1, 0.15) is 5.52 Å². The molecule has 4 nitrogen and oxygen atoms in total. The standard InChI is InChI=1S/C16H22N4/c1-4-5-6-8-16(2,3)20-14-10-12-7-9-17-15(12)19-13(14)11-18-20/h7,9-11,18H,4-6,8H2,1-3H3. The lowest BCUT2D eigenvalue weighted by Gasteiger charge is -2.27. The topological polar surface area (TPSA) is 46.5 Å². The number of nitrogens with zero attached hydrogens (tertiary/aromatic N) is 3. The smallest absolute Gasteiger partial charge is 0.160 e. The van der Waals surface area contributed by atoms with Crippen LogP contribution in [-0.4, -0.2) is 19.7 Å². The number of hydrogen-bond donors (Lipinski definition) is 1. The third-order valence-electron chi connectivity index (χ3n) is 4.06. The van der Waals surface area contributed by atoms with Crippen LogP contribution in [0.2, 0.25) is 0 Å². The fourth-order valence-electron chi connectivity index (χ4n) is 2.84. The van der Waals surface area contributed by atoms with Crippen molar-refractivity contribution in [3.63, 3.8) is 0 Å². The number of unbranched alkanes of at least 4 members (excludes halogenated alkanes) is 2. The van der Waals surface area contributed by atoms with E-state index in [1.54, 1.807) is 0 Å². The number of fused-ring (bicyclic) bond motifs is 2. The Morgan fingerprint density at radius 1 is 1.30 bits per heavy atom. The van der Waals surface area contributed by atoms with E-state index in [-0.39, 0.29) is 5.54 Å². The van der Waals surface area contributed by atoms with Gasteiger partial charge in [-0.15, -0.1) is 0 Å². The van der Waals surface area contributed by atoms with Crippen molar-refractivity contribution in [2.75, 3.05) is 0 Å². The second kappa shape index (κ2) is 4.93. The van der Waals surface area contributed by atoms with Crippen LogP contribution in [0.1, 0.15) is 46.5 Å². The van der Waals surface area contributed by atoms with Gasteiger partial charge < -0.3 is 5.10 Å². The number of aromatic amines is 1. The molecule has 3 aromatic rings. The molecule has 3 heterocycles. The molecule has 1 N–H and O–H groups in total. The monoisotopic (exact) mass is 270 g/mol. The van der Waals surface area contributed by atoms with Gasteiger partial charge in [-0.25, -0.2) is 9.97 Å². The molecule has 0 saturated heterocycles. The summed E-state index contributed by atoms with van der Waals surface area (Å²) in [6.45, 7) is 6.81. The van der Waals surface area contributed by atoms with E-state index in [0.29, 0.717) is 0 Å². The number of aromatic nitrogens is 4. The molecule has 20 heavy (non-hydrogen) atoms. The van der Waals surface area contributed by atoms with Crippen molar-refractivity contribution in [3.05, 3.63) is 24.5 Å². The second-order valence-corrected chi connectivity index (χ2v) is 6.13. The fourth-order valence-corrected chi connectivity index (χ4v) is 2.84. The number of hydrogen-bond acceptors (Lipinski definition) is 2. The van der Waals surface area contributed by atoms with Gasteiger partial charge in [0.15, 0.2) is 5.65 Å². The van der Waals surface area contributed by atoms with E-state index in [1.807, 2.05) is 18.5 Å². The second-order valence-electron chi connectivity index (χ2n) is 6.13. The van der Waals surface area contributed by atoms with Crippen molar-refractivity contribution in [3.8, 4) is 0 Å². The van der Waals surface area contributed by atoms with E-state index in [2.05, 4.69) is 46.6 Å². The Labute approximate surface area is 119 Å². The fraction of sp³-hybridized carbons (Fsp3) is 0.500. The van der Waals surface area contributed by atoms with Gasteiger partial charge in [-0.1, -0.05) is 26.2 Å². The summed E-state index contributed by atoms with van der Waals surface area (Å²) in [4.78, 5) is 8.87. The molecule has 0 saturated carbocycles. The van der Waals surface area contributed by atoms with Gasteiger partial charge in [0.05, 0.1) is 11.1 Å². The molecule has 0 radical (unpaired) electrons. The summed E-state index contributed by atoms with van der Waals surface area (Å²) in [5, 5.41) is 4.48. The lowest BCUT2D eigenvalue weighted by molar-refractivity contribution is 0.294. The normalized spacial score (nSPS) is 12.6. The predicted molar refractivity (Wildman–Crippen MR) is 82.8 cm³/mol. The van der Waals surface area contributed by atoms with Crippen LogP contribution in [0.15, 0.2) is 24.5 Å². The van der Waals surface area contributed by atoms with Crippen molar-refractivity contribution < 1.29 is 0 Å². The molecule has 0 atom stereocenters. The summed E-state index contributed by atoms with van der Waals surface area (Å²) in [7, 11) is 0. The van der Waals surface area contributed by atoms with Crippen LogP contribution in [0.5, 0.6) is 0 Å². The lowest BCUT2D eigenvalue weighted by Crippen LogP contribution is -2.27. The number of pyridine rings is 1. The van der Waals surface area contributed by atoms with Crippen LogP contribution in [0.25, 0.3) is 22.1 Å². The summed E-state index contributed by atoms with van der Waals surface area (Å²) in [6, 6.07) is 4.20. The molecular weight excluding hydrogens is 248 g/mol. The highest BCUT2D eigenvalue weighted by molar-refractivity contribution is 5.89. The third kappa shape index (κ3) is 2.19. The van der Waals surface area contributed by atoms with Crippen LogP contribution >= 0.6 is 0 Å². The van der Waals surface area contributed by atoms with E-state index < -0.39 is 0 Å². The molecule has 0 amide bonds. The first-order valence-electron chi connectivity index (χ1n) is 7.44. The highest BCUT2D eigenvalue weighted by atomic mass is 15.3. The maximum atomic E-state index is 4.61. The summed E-state index contributed by atoms with van der Waals surface area (Å²) in [5.74, 6) is 0. The molecule has 0 fully saturated rings. The highest BCUT2D eigenvalue weighted by Crippen LogP contribution is 2.28. The molecule has 0 spiro atoms. The Morgan fingerprint density at radius 3 is 2.95 bits per heavy atom. The van der Waals surface area contributed by atoms with Gasteiger partial charge in [-0.05, 0) is 32.4 Å². The van der Waals surface area contributed by atoms with E-state index >= 15 is 0 Å². The maximum Gasteiger partial charge on any atom is 0.160 e. The van der Waals surface area contributed by atoms with Gasteiger partial charge in [0, 0.05) is 17.8 Å². The minimum atomic E-state index is 0.0757. The average molecular weight is 270 g/mol. The average Bonchev–Trinajstić information content (AvgIpc) is 3.01. The first kappa shape index (κ1) is 13.2. The molecule has 0 aliphatic heterocycles. The summed E-state index contributed by atoms with van der Waals surface area (Å²) >= 11 is 0. The summed E-state index contributed by atoms with van der Waals surface area (Å²) < 4.78 is 2.25. The summed E-state index contributed by atoms with van der Waals surface area (Å²) in [6.07, 6.45) is 8.76. The largest absolute Gasteiger partial charge is 0.303 e. The Kier molecular flexibility index (Phi) is 3.24. The van der Waals surface area contributed by atoms with Crippen LogP contribution in [0.4, 0.5) is 0 Å². The molecule has 0 aliphatic rings. The van der Waals surface area contributed by atoms with E-state index in [9.17, 15) is 0 Å². The zero-order chi connectivity index (χ0) is 14.2. The van der Waals surface area contributed by atoms with Gasteiger partial charge in [-0.3, -0.25) is 4.68 Å². The number of H-pyrrole nitrogens is 1. The van der Waals surface area contributed by atoms with Crippen molar-refractivity contribution in [2.45, 2.75) is 52.0 Å². The van der Waals surface area contributed by atoms with Gasteiger partial charge in [0.2, 0.25) is 0 Å². The van der Waals surface area contributed by atoms with Crippen LogP contribution in [0, 0.1) is 0 Å². The summed E-state index contributed by atoms with van der Waals surface area (Å²) in [5.41, 5.74) is 3.05. The molecule has 106 valence electrons. The van der Waals surface area contributed by atoms with Gasteiger partial charge in [0.25, 0.3) is 0 Å². The molecular formula is C16H22N4. The van der Waals surface area contributed by atoms with Gasteiger partial charge in [-0.2, -0.15) is 0 Å². The van der Waals surface area contributed by atoms with Crippen LogP contribution in [0.3, 0.4) is 0 Å². The molecule has 3 aromatic heterocycles. The van der Waals surface area contributed by atoms with Crippen molar-refractivity contribution >= 4 is 22.1 Å². The lowest BCUT2D eigenvalue weighted by atomic mass is 9.97. The Balaban J connectivity index is 2.01. The minimum Gasteiger partial charge on any atom is -0.303 e. The van der Waals surface area contributed by atoms with Crippen molar-refractivity contribution in [1.82, 2.24) is 19.7 Å². The Morgan fingerprint density at radius 2 is 2.15 bits per heavy atom. The quantitative estimate of drug-likeness (QED) is 0.705. The SMILES string of the molecule is CCCCCC(C)(C)n1[nH]cc2nc3nccc3cc21. The Bertz CT molecular complexity index is 720. The zero-order valence-electron chi connectivity index (χ0n) is 12.5. The van der Waals surface area contributed by atoms with Crippen molar-refractivity contribution in [2.24, 2.45) is 0 Å². The predicted octanol–water partition coefficient (Wildman–Crippen LogP) is 4.23. The van der Waals surface area contributed by atoms with E-state index in [4.69, 9.17) is 0 Å². The van der Waals surface area contributed by atoms with E-state index in [0.717, 1.165) is 22.1 Å². The van der Waals surface area contributed by atoms with Gasteiger partial charge >= 0.3 is 0 Å². The molecule has 0 aliphatic carbocycles. The molecule has 0 aromatic carbocycles. The molecule has 0 bridgehead atoms. The first-order valence-corrected chi connectivity index (χ1v) is 7.44. The zero-order valence-corrected chi connectivity index (χ0v) is 12.5. The van der Waals surface area contributed by atoms with Crippen LogP contribution < -0.4 is 0 Å². The third-order valence-corrected chi connectivity index (χ3v) is 4.06. The molecule has 0 unspecified atom stereocenters. The molecule has 3 rings (SSSR count). The number of nitrogens with one attached hydrogen (secondary N) is 1. The minimum absolute atomic E-state index is 0.0757. The number of rotatable bonds is 5. The highest BCUT2D eigenvalue weighted by Gasteiger charge is 2.22. The maximum absolute atomic E-state index is 4.61. The Hall–Kier alpha value is -1.84. The van der Waals surface area contributed by atoms with Crippen molar-refractivity contribution in [1.29, 1.82) is 0 Å². The van der Waals surface area contributed by atoms with Crippen LogP contribution in [-0.2, 0) is 5.54 Å². The van der Waals surface area contributed by atoms with E-state index in [1.165, 1.54) is 25.7 Å². The first-order chi connectivity index (χ1) is 9.62.